The number of aromatic nitrogens is 1. The van der Waals surface area contributed by atoms with E-state index >= 15 is 0 Å². The van der Waals surface area contributed by atoms with Crippen molar-refractivity contribution in [3.8, 4) is 0 Å². The highest BCUT2D eigenvalue weighted by atomic mass is 79.9. The number of hydrogen-bond donors (Lipinski definition) is 0. The molecule has 0 unspecified atom stereocenters. The maximum Gasteiger partial charge on any atom is 0.255 e. The van der Waals surface area contributed by atoms with Crippen LogP contribution in [-0.4, -0.2) is 42.6 Å². The molecule has 1 saturated heterocycles. The molecule has 0 aliphatic carbocycles. The second-order valence-corrected chi connectivity index (χ2v) is 5.37. The first-order chi connectivity index (χ1) is 8.70. The van der Waals surface area contributed by atoms with E-state index in [2.05, 4.69) is 20.9 Å². The molecule has 98 valence electrons. The lowest BCUT2D eigenvalue weighted by Crippen LogP contribution is -2.39. The van der Waals surface area contributed by atoms with Crippen LogP contribution in [0.1, 0.15) is 23.2 Å². The summed E-state index contributed by atoms with van der Waals surface area (Å²) >= 11 is 3.27. The maximum atomic E-state index is 12.2. The van der Waals surface area contributed by atoms with Crippen molar-refractivity contribution in [3.63, 3.8) is 0 Å². The topological polar surface area (TPSA) is 42.4 Å². The van der Waals surface area contributed by atoms with Gasteiger partial charge in [0.15, 0.2) is 0 Å². The van der Waals surface area contributed by atoms with Crippen molar-refractivity contribution < 1.29 is 9.53 Å². The summed E-state index contributed by atoms with van der Waals surface area (Å²) in [4.78, 5) is 18.2. The third-order valence-electron chi connectivity index (χ3n) is 3.28. The molecule has 18 heavy (non-hydrogen) atoms. The lowest BCUT2D eigenvalue weighted by atomic mass is 9.97. The van der Waals surface area contributed by atoms with Gasteiger partial charge in [-0.1, -0.05) is 0 Å². The molecule has 1 aromatic heterocycles. The summed E-state index contributed by atoms with van der Waals surface area (Å²) in [6, 6.07) is 3.60. The molecule has 0 bridgehead atoms. The third-order valence-corrected chi connectivity index (χ3v) is 3.75. The Morgan fingerprint density at radius 3 is 2.78 bits per heavy atom. The molecule has 0 atom stereocenters. The molecule has 5 heteroatoms. The molecule has 1 aliphatic heterocycles. The fourth-order valence-corrected chi connectivity index (χ4v) is 2.46. The summed E-state index contributed by atoms with van der Waals surface area (Å²) in [5.74, 6) is 0.660. The van der Waals surface area contributed by atoms with E-state index in [1.165, 1.54) is 0 Å². The van der Waals surface area contributed by atoms with E-state index in [9.17, 15) is 4.79 Å². The average Bonchev–Trinajstić information content (AvgIpc) is 2.40. The number of halogens is 1. The molecule has 0 saturated carbocycles. The van der Waals surface area contributed by atoms with Crippen LogP contribution >= 0.6 is 15.9 Å². The van der Waals surface area contributed by atoms with Crippen molar-refractivity contribution in [1.29, 1.82) is 0 Å². The van der Waals surface area contributed by atoms with Crippen molar-refractivity contribution in [3.05, 3.63) is 28.5 Å². The molecule has 2 heterocycles. The first kappa shape index (κ1) is 13.5. The Bertz CT molecular complexity index is 400. The second-order valence-electron chi connectivity index (χ2n) is 4.56. The van der Waals surface area contributed by atoms with Crippen LogP contribution < -0.4 is 0 Å². The van der Waals surface area contributed by atoms with Gasteiger partial charge in [0.1, 0.15) is 4.60 Å². The minimum atomic E-state index is 0.0749. The molecule has 0 spiro atoms. The molecule has 0 radical (unpaired) electrons. The number of hydrogen-bond acceptors (Lipinski definition) is 3. The Morgan fingerprint density at radius 1 is 1.50 bits per heavy atom. The molecule has 1 aliphatic rings. The maximum absolute atomic E-state index is 12.2. The van der Waals surface area contributed by atoms with E-state index in [1.54, 1.807) is 25.4 Å². The summed E-state index contributed by atoms with van der Waals surface area (Å²) in [6.07, 6.45) is 3.65. The van der Waals surface area contributed by atoms with Crippen LogP contribution in [0.15, 0.2) is 22.9 Å². The lowest BCUT2D eigenvalue weighted by Gasteiger charge is -2.31. The van der Waals surface area contributed by atoms with Crippen molar-refractivity contribution in [2.24, 2.45) is 5.92 Å². The lowest BCUT2D eigenvalue weighted by molar-refractivity contribution is 0.0613. The monoisotopic (exact) mass is 312 g/mol. The van der Waals surface area contributed by atoms with Crippen LogP contribution in [0.5, 0.6) is 0 Å². The number of likely N-dealkylation sites (tertiary alicyclic amines) is 1. The van der Waals surface area contributed by atoms with Crippen LogP contribution in [0, 0.1) is 5.92 Å². The Kier molecular flexibility index (Phi) is 4.72. The SMILES string of the molecule is COCC1CCN(C(=O)c2ccc(Br)nc2)CC1. The molecule has 0 aromatic carbocycles. The van der Waals surface area contributed by atoms with Gasteiger partial charge in [-0.3, -0.25) is 4.79 Å². The van der Waals surface area contributed by atoms with E-state index in [1.807, 2.05) is 4.90 Å². The van der Waals surface area contributed by atoms with Crippen molar-refractivity contribution in [2.45, 2.75) is 12.8 Å². The molecule has 0 N–H and O–H groups in total. The normalized spacial score (nSPS) is 16.9. The van der Waals surface area contributed by atoms with Gasteiger partial charge in [0.05, 0.1) is 5.56 Å². The smallest absolute Gasteiger partial charge is 0.255 e. The summed E-state index contributed by atoms with van der Waals surface area (Å²) in [6.45, 7) is 2.41. The number of methoxy groups -OCH3 is 1. The fourth-order valence-electron chi connectivity index (χ4n) is 2.22. The fraction of sp³-hybridized carbons (Fsp3) is 0.538. The van der Waals surface area contributed by atoms with E-state index in [4.69, 9.17) is 4.74 Å². The van der Waals surface area contributed by atoms with Crippen LogP contribution in [-0.2, 0) is 4.74 Å². The molecule has 1 aromatic rings. The number of pyridine rings is 1. The van der Waals surface area contributed by atoms with Gasteiger partial charge in [-0.05, 0) is 46.8 Å². The second kappa shape index (κ2) is 6.29. The van der Waals surface area contributed by atoms with Crippen LogP contribution in [0.25, 0.3) is 0 Å². The number of rotatable bonds is 3. The van der Waals surface area contributed by atoms with Crippen molar-refractivity contribution in [2.75, 3.05) is 26.8 Å². The minimum absolute atomic E-state index is 0.0749. The van der Waals surface area contributed by atoms with Crippen LogP contribution in [0.4, 0.5) is 0 Å². The van der Waals surface area contributed by atoms with Crippen molar-refractivity contribution in [1.82, 2.24) is 9.88 Å². The standard InChI is InChI=1S/C13H17BrN2O2/c1-18-9-10-4-6-16(7-5-10)13(17)11-2-3-12(14)15-8-11/h2-3,8,10H,4-7,9H2,1H3. The first-order valence-electron chi connectivity index (χ1n) is 6.10. The van der Waals surface area contributed by atoms with Gasteiger partial charge in [0.25, 0.3) is 5.91 Å². The van der Waals surface area contributed by atoms with Gasteiger partial charge in [-0.2, -0.15) is 0 Å². The van der Waals surface area contributed by atoms with Gasteiger partial charge in [-0.15, -0.1) is 0 Å². The number of piperidine rings is 1. The van der Waals surface area contributed by atoms with Gasteiger partial charge >= 0.3 is 0 Å². The van der Waals surface area contributed by atoms with E-state index in [0.29, 0.717) is 11.5 Å². The zero-order chi connectivity index (χ0) is 13.0. The van der Waals surface area contributed by atoms with E-state index < -0.39 is 0 Å². The highest BCUT2D eigenvalue weighted by Gasteiger charge is 2.23. The molecular weight excluding hydrogens is 296 g/mol. The van der Waals surface area contributed by atoms with Crippen molar-refractivity contribution >= 4 is 21.8 Å². The highest BCUT2D eigenvalue weighted by molar-refractivity contribution is 9.10. The van der Waals surface area contributed by atoms with Gasteiger partial charge < -0.3 is 9.64 Å². The number of nitrogens with zero attached hydrogens (tertiary/aromatic N) is 2. The Morgan fingerprint density at radius 2 is 2.22 bits per heavy atom. The Hall–Kier alpha value is -0.940. The molecule has 2 rings (SSSR count). The number of carbonyl (C=O) groups excluding carboxylic acids is 1. The van der Waals surface area contributed by atoms with Crippen LogP contribution in [0.2, 0.25) is 0 Å². The molecule has 1 amide bonds. The number of ether oxygens (including phenoxy) is 1. The minimum Gasteiger partial charge on any atom is -0.384 e. The largest absolute Gasteiger partial charge is 0.384 e. The summed E-state index contributed by atoms with van der Waals surface area (Å²) in [5.41, 5.74) is 0.656. The number of amides is 1. The van der Waals surface area contributed by atoms with Gasteiger partial charge in [0, 0.05) is 33.0 Å². The molecule has 1 fully saturated rings. The summed E-state index contributed by atoms with van der Waals surface area (Å²) in [5, 5.41) is 0. The van der Waals surface area contributed by atoms with Crippen LogP contribution in [0.3, 0.4) is 0 Å². The zero-order valence-electron chi connectivity index (χ0n) is 10.4. The number of carbonyl (C=O) groups is 1. The quantitative estimate of drug-likeness (QED) is 0.805. The van der Waals surface area contributed by atoms with E-state index in [0.717, 1.165) is 37.1 Å². The third kappa shape index (κ3) is 3.29. The molecular formula is C13H17BrN2O2. The first-order valence-corrected chi connectivity index (χ1v) is 6.89. The Balaban J connectivity index is 1.93. The Labute approximate surface area is 115 Å². The average molecular weight is 313 g/mol. The summed E-state index contributed by atoms with van der Waals surface area (Å²) < 4.78 is 5.90. The van der Waals surface area contributed by atoms with E-state index in [-0.39, 0.29) is 5.91 Å². The predicted molar refractivity (Wildman–Crippen MR) is 72.4 cm³/mol. The molecule has 4 nitrogen and oxygen atoms in total. The van der Waals surface area contributed by atoms with Gasteiger partial charge in [0.2, 0.25) is 0 Å². The zero-order valence-corrected chi connectivity index (χ0v) is 12.0. The highest BCUT2D eigenvalue weighted by Crippen LogP contribution is 2.19. The predicted octanol–water partition coefficient (Wildman–Crippen LogP) is 2.34. The van der Waals surface area contributed by atoms with Gasteiger partial charge in [-0.25, -0.2) is 4.98 Å². The summed E-state index contributed by atoms with van der Waals surface area (Å²) in [7, 11) is 1.73.